The Hall–Kier alpha value is -2.86. The number of aryl methyl sites for hydroxylation is 3. The van der Waals surface area contributed by atoms with Gasteiger partial charge in [0.25, 0.3) is 5.91 Å². The van der Waals surface area contributed by atoms with Gasteiger partial charge in [-0.05, 0) is 49.6 Å². The third-order valence-electron chi connectivity index (χ3n) is 4.31. The lowest BCUT2D eigenvalue weighted by atomic mass is 10.1. The van der Waals surface area contributed by atoms with Crippen LogP contribution >= 0.6 is 0 Å². The average Bonchev–Trinajstić information content (AvgIpc) is 2.67. The van der Waals surface area contributed by atoms with Crippen LogP contribution in [0.3, 0.4) is 0 Å². The number of hydrogen-bond acceptors (Lipinski definition) is 5. The second-order valence-electron chi connectivity index (χ2n) is 6.72. The Balaban J connectivity index is 1.77. The molecule has 0 radical (unpaired) electrons. The Kier molecular flexibility index (Phi) is 8.02. The van der Waals surface area contributed by atoms with Gasteiger partial charge in [0, 0.05) is 25.2 Å². The molecule has 6 heteroatoms. The number of rotatable bonds is 9. The van der Waals surface area contributed by atoms with Crippen molar-refractivity contribution in [3.8, 4) is 5.75 Å². The summed E-state index contributed by atoms with van der Waals surface area (Å²) in [7, 11) is 1.34. The lowest BCUT2D eigenvalue weighted by Crippen LogP contribution is -2.31. The predicted octanol–water partition coefficient (Wildman–Crippen LogP) is 2.68. The van der Waals surface area contributed by atoms with Gasteiger partial charge in [-0.15, -0.1) is 0 Å². The Labute approximate surface area is 166 Å². The molecule has 28 heavy (non-hydrogen) atoms. The van der Waals surface area contributed by atoms with Crippen LogP contribution in [0.1, 0.15) is 32.6 Å². The monoisotopic (exact) mass is 384 g/mol. The number of ether oxygens (including phenoxy) is 2. The van der Waals surface area contributed by atoms with Gasteiger partial charge >= 0.3 is 5.97 Å². The number of carbonyl (C=O) groups is 2. The first-order valence-electron chi connectivity index (χ1n) is 9.26. The molecule has 0 aromatic heterocycles. The topological polar surface area (TPSA) is 76.7 Å². The Morgan fingerprint density at radius 1 is 0.964 bits per heavy atom. The van der Waals surface area contributed by atoms with Crippen molar-refractivity contribution >= 4 is 11.9 Å². The molecule has 0 aliphatic rings. The number of amides is 1. The number of nitrogens with one attached hydrogen (secondary N) is 2. The summed E-state index contributed by atoms with van der Waals surface area (Å²) in [4.78, 5) is 23.3. The molecular weight excluding hydrogens is 356 g/mol. The van der Waals surface area contributed by atoms with Gasteiger partial charge in [0.2, 0.25) is 0 Å². The highest BCUT2D eigenvalue weighted by Crippen LogP contribution is 2.24. The van der Waals surface area contributed by atoms with E-state index in [0.29, 0.717) is 30.9 Å². The molecule has 2 aromatic rings. The molecule has 0 unspecified atom stereocenters. The van der Waals surface area contributed by atoms with Crippen LogP contribution in [0.5, 0.6) is 5.75 Å². The van der Waals surface area contributed by atoms with Crippen molar-refractivity contribution in [2.24, 2.45) is 0 Å². The minimum atomic E-state index is -0.405. The van der Waals surface area contributed by atoms with E-state index in [1.165, 1.54) is 7.11 Å². The maximum atomic E-state index is 12.1. The summed E-state index contributed by atoms with van der Waals surface area (Å²) in [5.74, 6) is 0.234. The van der Waals surface area contributed by atoms with E-state index in [9.17, 15) is 9.59 Å². The zero-order valence-electron chi connectivity index (χ0n) is 16.9. The molecule has 2 aromatic carbocycles. The fourth-order valence-corrected chi connectivity index (χ4v) is 2.86. The zero-order chi connectivity index (χ0) is 20.5. The van der Waals surface area contributed by atoms with E-state index < -0.39 is 5.97 Å². The highest BCUT2D eigenvalue weighted by atomic mass is 16.6. The first kappa shape index (κ1) is 21.4. The summed E-state index contributed by atoms with van der Waals surface area (Å²) in [5, 5.41) is 6.23. The molecule has 0 spiro atoms. The van der Waals surface area contributed by atoms with Crippen molar-refractivity contribution in [3.63, 3.8) is 0 Å². The fourth-order valence-electron chi connectivity index (χ4n) is 2.86. The molecule has 0 saturated heterocycles. The van der Waals surface area contributed by atoms with Crippen LogP contribution in [0.25, 0.3) is 0 Å². The molecule has 2 N–H and O–H groups in total. The molecular formula is C22H28N2O4. The van der Waals surface area contributed by atoms with Gasteiger partial charge in [-0.3, -0.25) is 4.79 Å². The van der Waals surface area contributed by atoms with Gasteiger partial charge in [-0.2, -0.15) is 0 Å². The summed E-state index contributed by atoms with van der Waals surface area (Å²) in [5.41, 5.74) is 4.84. The number of hydrogen-bond donors (Lipinski definition) is 2. The molecule has 0 atom stereocenters. The Bertz CT molecular complexity index is 793. The number of esters is 1. The van der Waals surface area contributed by atoms with Crippen LogP contribution in [0.2, 0.25) is 0 Å². The van der Waals surface area contributed by atoms with Gasteiger partial charge in [-0.25, -0.2) is 4.79 Å². The van der Waals surface area contributed by atoms with Gasteiger partial charge < -0.3 is 20.1 Å². The Morgan fingerprint density at radius 2 is 1.61 bits per heavy atom. The van der Waals surface area contributed by atoms with Crippen molar-refractivity contribution in [2.75, 3.05) is 26.8 Å². The maximum Gasteiger partial charge on any atom is 0.343 e. The number of benzene rings is 2. The second kappa shape index (κ2) is 10.5. The first-order chi connectivity index (χ1) is 13.4. The van der Waals surface area contributed by atoms with Crippen LogP contribution in [-0.4, -0.2) is 38.7 Å². The normalized spacial score (nSPS) is 10.4. The summed E-state index contributed by atoms with van der Waals surface area (Å²) >= 11 is 0. The molecule has 0 saturated carbocycles. The lowest BCUT2D eigenvalue weighted by molar-refractivity contribution is -0.142. The highest BCUT2D eigenvalue weighted by molar-refractivity contribution is 5.94. The van der Waals surface area contributed by atoms with Crippen LogP contribution in [-0.2, 0) is 16.1 Å². The van der Waals surface area contributed by atoms with Gasteiger partial charge in [-0.1, -0.05) is 29.8 Å². The van der Waals surface area contributed by atoms with Crippen LogP contribution < -0.4 is 15.4 Å². The largest absolute Gasteiger partial charge is 0.481 e. The smallest absolute Gasteiger partial charge is 0.343 e. The minimum Gasteiger partial charge on any atom is -0.481 e. The number of carbonyl (C=O) groups excluding carboxylic acids is 2. The van der Waals surface area contributed by atoms with E-state index in [2.05, 4.69) is 15.4 Å². The number of methoxy groups -OCH3 is 1. The molecule has 0 fully saturated rings. The lowest BCUT2D eigenvalue weighted by Gasteiger charge is -2.14. The van der Waals surface area contributed by atoms with Crippen molar-refractivity contribution in [1.82, 2.24) is 10.6 Å². The fraction of sp³-hybridized carbons (Fsp3) is 0.364. The van der Waals surface area contributed by atoms with E-state index in [-0.39, 0.29) is 12.5 Å². The van der Waals surface area contributed by atoms with Crippen LogP contribution in [0.4, 0.5) is 0 Å². The summed E-state index contributed by atoms with van der Waals surface area (Å²) in [6, 6.07) is 11.6. The van der Waals surface area contributed by atoms with Crippen molar-refractivity contribution < 1.29 is 19.1 Å². The van der Waals surface area contributed by atoms with E-state index in [4.69, 9.17) is 4.74 Å². The Morgan fingerprint density at radius 3 is 2.21 bits per heavy atom. The third-order valence-corrected chi connectivity index (χ3v) is 4.31. The highest BCUT2D eigenvalue weighted by Gasteiger charge is 2.09. The molecule has 0 aliphatic carbocycles. The van der Waals surface area contributed by atoms with Gasteiger partial charge in [0.05, 0.1) is 7.11 Å². The molecule has 2 rings (SSSR count). The predicted molar refractivity (Wildman–Crippen MR) is 109 cm³/mol. The molecule has 0 bridgehead atoms. The first-order valence-corrected chi connectivity index (χ1v) is 9.26. The molecule has 0 heterocycles. The summed E-state index contributed by atoms with van der Waals surface area (Å²) < 4.78 is 10.1. The summed E-state index contributed by atoms with van der Waals surface area (Å²) in [6.45, 7) is 7.68. The van der Waals surface area contributed by atoms with Crippen LogP contribution in [0.15, 0.2) is 36.4 Å². The molecule has 1 amide bonds. The van der Waals surface area contributed by atoms with E-state index in [0.717, 1.165) is 22.3 Å². The third kappa shape index (κ3) is 6.39. The average molecular weight is 384 g/mol. The van der Waals surface area contributed by atoms with E-state index >= 15 is 0 Å². The minimum absolute atomic E-state index is 0.0689. The van der Waals surface area contributed by atoms with Crippen molar-refractivity contribution in [3.05, 3.63) is 64.2 Å². The molecule has 150 valence electrons. The second-order valence-corrected chi connectivity index (χ2v) is 6.72. The molecule has 0 aliphatic heterocycles. The SMILES string of the molecule is COC(=O)COc1c(C)cc(CNCCNC(=O)c2ccc(C)cc2)cc1C. The van der Waals surface area contributed by atoms with Gasteiger partial charge in [0.1, 0.15) is 5.75 Å². The maximum absolute atomic E-state index is 12.1. The van der Waals surface area contributed by atoms with Crippen molar-refractivity contribution in [1.29, 1.82) is 0 Å². The van der Waals surface area contributed by atoms with Crippen LogP contribution in [0, 0.1) is 20.8 Å². The quantitative estimate of drug-likeness (QED) is 0.513. The summed E-state index contributed by atoms with van der Waals surface area (Å²) in [6.07, 6.45) is 0. The van der Waals surface area contributed by atoms with E-state index in [1.54, 1.807) is 0 Å². The zero-order valence-corrected chi connectivity index (χ0v) is 16.9. The van der Waals surface area contributed by atoms with Crippen molar-refractivity contribution in [2.45, 2.75) is 27.3 Å². The molecule has 6 nitrogen and oxygen atoms in total. The van der Waals surface area contributed by atoms with Gasteiger partial charge in [0.15, 0.2) is 6.61 Å². The standard InChI is InChI=1S/C22H28N2O4/c1-15-5-7-19(8-6-15)22(26)24-10-9-23-13-18-11-16(2)21(17(3)12-18)28-14-20(25)27-4/h5-8,11-12,23H,9-10,13-14H2,1-4H3,(H,24,26). The van der Waals surface area contributed by atoms with E-state index in [1.807, 2.05) is 57.2 Å².